The Labute approximate surface area is 77.8 Å². The molecule has 0 aliphatic heterocycles. The first-order valence-electron chi connectivity index (χ1n) is 4.32. The molecule has 1 rings (SSSR count). The first-order chi connectivity index (χ1) is 6.11. The van der Waals surface area contributed by atoms with E-state index < -0.39 is 6.67 Å². The van der Waals surface area contributed by atoms with Crippen molar-refractivity contribution >= 4 is 0 Å². The molecule has 0 spiro atoms. The summed E-state index contributed by atoms with van der Waals surface area (Å²) >= 11 is 0. The fourth-order valence-electron chi connectivity index (χ4n) is 1.08. The number of hydrogen-bond acceptors (Lipinski definition) is 2. The first-order valence-corrected chi connectivity index (χ1v) is 4.32. The Morgan fingerprint density at radius 3 is 2.69 bits per heavy atom. The molecule has 0 amide bonds. The van der Waals surface area contributed by atoms with E-state index in [1.807, 2.05) is 20.8 Å². The van der Waals surface area contributed by atoms with E-state index in [1.165, 1.54) is 0 Å². The Hall–Kier alpha value is -1.12. The van der Waals surface area contributed by atoms with Crippen LogP contribution in [0, 0.1) is 6.92 Å². The van der Waals surface area contributed by atoms with Crippen LogP contribution in [0.1, 0.15) is 25.1 Å². The van der Waals surface area contributed by atoms with Crippen molar-refractivity contribution in [3.05, 3.63) is 23.4 Å². The highest BCUT2D eigenvalue weighted by atomic mass is 19.1. The van der Waals surface area contributed by atoms with E-state index in [1.54, 1.807) is 12.1 Å². The summed E-state index contributed by atoms with van der Waals surface area (Å²) in [6, 6.07) is 3.52. The van der Waals surface area contributed by atoms with Gasteiger partial charge in [-0.3, -0.25) is 0 Å². The van der Waals surface area contributed by atoms with Gasteiger partial charge in [-0.05, 0) is 32.4 Å². The fraction of sp³-hybridized carbons (Fsp3) is 0.500. The molecule has 1 heterocycles. The van der Waals surface area contributed by atoms with Crippen LogP contribution < -0.4 is 4.74 Å². The molecular weight excluding hydrogens is 169 g/mol. The summed E-state index contributed by atoms with van der Waals surface area (Å²) in [6.45, 7) is 5.18. The fourth-order valence-corrected chi connectivity index (χ4v) is 1.08. The molecule has 0 aromatic carbocycles. The number of aromatic nitrogens is 1. The van der Waals surface area contributed by atoms with Crippen LogP contribution in [-0.2, 0) is 6.67 Å². The predicted molar refractivity (Wildman–Crippen MR) is 49.6 cm³/mol. The number of nitrogens with zero attached hydrogens (tertiary/aromatic N) is 1. The third-order valence-electron chi connectivity index (χ3n) is 1.49. The molecule has 3 heteroatoms. The summed E-state index contributed by atoms with van der Waals surface area (Å²) in [6.07, 6.45) is 0.0711. The SMILES string of the molecule is Cc1cc(CF)nc(OC(C)C)c1. The van der Waals surface area contributed by atoms with Gasteiger partial charge in [0.15, 0.2) is 0 Å². The maximum Gasteiger partial charge on any atom is 0.214 e. The van der Waals surface area contributed by atoms with Crippen molar-refractivity contribution in [2.75, 3.05) is 0 Å². The average molecular weight is 183 g/mol. The quantitative estimate of drug-likeness (QED) is 0.718. The molecule has 1 aromatic heterocycles. The summed E-state index contributed by atoms with van der Waals surface area (Å²) < 4.78 is 17.7. The second-order valence-corrected chi connectivity index (χ2v) is 3.27. The van der Waals surface area contributed by atoms with E-state index in [2.05, 4.69) is 4.98 Å². The van der Waals surface area contributed by atoms with Crippen LogP contribution in [0.15, 0.2) is 12.1 Å². The summed E-state index contributed by atoms with van der Waals surface area (Å²) in [4.78, 5) is 4.00. The largest absolute Gasteiger partial charge is 0.475 e. The van der Waals surface area contributed by atoms with Gasteiger partial charge in [0.2, 0.25) is 5.88 Å². The van der Waals surface area contributed by atoms with Gasteiger partial charge in [-0.1, -0.05) is 0 Å². The summed E-state index contributed by atoms with van der Waals surface area (Å²) in [7, 11) is 0. The molecule has 72 valence electrons. The van der Waals surface area contributed by atoms with Crippen LogP contribution in [-0.4, -0.2) is 11.1 Å². The van der Waals surface area contributed by atoms with Crippen molar-refractivity contribution in [2.24, 2.45) is 0 Å². The molecule has 0 bridgehead atoms. The summed E-state index contributed by atoms with van der Waals surface area (Å²) in [5.74, 6) is 0.502. The monoisotopic (exact) mass is 183 g/mol. The molecule has 0 aliphatic rings. The minimum atomic E-state index is -0.546. The smallest absolute Gasteiger partial charge is 0.214 e. The second-order valence-electron chi connectivity index (χ2n) is 3.27. The van der Waals surface area contributed by atoms with Crippen LogP contribution >= 0.6 is 0 Å². The number of aryl methyl sites for hydroxylation is 1. The van der Waals surface area contributed by atoms with Gasteiger partial charge in [0.25, 0.3) is 0 Å². The Morgan fingerprint density at radius 1 is 1.46 bits per heavy atom. The van der Waals surface area contributed by atoms with Gasteiger partial charge in [0.05, 0.1) is 11.8 Å². The number of pyridine rings is 1. The highest BCUT2D eigenvalue weighted by Crippen LogP contribution is 2.13. The normalized spacial score (nSPS) is 10.5. The Kier molecular flexibility index (Phi) is 3.23. The molecule has 0 atom stereocenters. The highest BCUT2D eigenvalue weighted by Gasteiger charge is 2.02. The molecule has 0 saturated heterocycles. The summed E-state index contributed by atoms with van der Waals surface area (Å²) in [5.41, 5.74) is 1.40. The Morgan fingerprint density at radius 2 is 2.15 bits per heavy atom. The van der Waals surface area contributed by atoms with Crippen molar-refractivity contribution in [3.8, 4) is 5.88 Å². The molecule has 0 saturated carbocycles. The standard InChI is InChI=1S/C10H14FNO/c1-7(2)13-10-5-8(3)4-9(6-11)12-10/h4-5,7H,6H2,1-3H3. The first kappa shape index (κ1) is 9.96. The molecule has 2 nitrogen and oxygen atoms in total. The van der Waals surface area contributed by atoms with Gasteiger partial charge in [-0.25, -0.2) is 9.37 Å². The molecule has 0 aliphatic carbocycles. The van der Waals surface area contributed by atoms with E-state index in [9.17, 15) is 4.39 Å². The third-order valence-corrected chi connectivity index (χ3v) is 1.49. The van der Waals surface area contributed by atoms with E-state index in [4.69, 9.17) is 4.74 Å². The highest BCUT2D eigenvalue weighted by molar-refractivity contribution is 5.23. The van der Waals surface area contributed by atoms with Crippen molar-refractivity contribution in [1.29, 1.82) is 0 Å². The van der Waals surface area contributed by atoms with Crippen molar-refractivity contribution in [1.82, 2.24) is 4.98 Å². The van der Waals surface area contributed by atoms with E-state index >= 15 is 0 Å². The lowest BCUT2D eigenvalue weighted by Gasteiger charge is -2.09. The molecule has 1 aromatic rings. The zero-order chi connectivity index (χ0) is 9.84. The minimum Gasteiger partial charge on any atom is -0.475 e. The zero-order valence-corrected chi connectivity index (χ0v) is 8.17. The number of alkyl halides is 1. The average Bonchev–Trinajstić information content (AvgIpc) is 2.01. The number of rotatable bonds is 3. The van der Waals surface area contributed by atoms with Crippen molar-refractivity contribution in [3.63, 3.8) is 0 Å². The molecular formula is C10H14FNO. The van der Waals surface area contributed by atoms with E-state index in [0.29, 0.717) is 11.6 Å². The Balaban J connectivity index is 2.88. The minimum absolute atomic E-state index is 0.0711. The topological polar surface area (TPSA) is 22.1 Å². The van der Waals surface area contributed by atoms with Crippen LogP contribution in [0.25, 0.3) is 0 Å². The predicted octanol–water partition coefficient (Wildman–Crippen LogP) is 2.65. The molecule has 0 unspecified atom stereocenters. The van der Waals surface area contributed by atoms with Gasteiger partial charge < -0.3 is 4.74 Å². The zero-order valence-electron chi connectivity index (χ0n) is 8.17. The van der Waals surface area contributed by atoms with Gasteiger partial charge in [-0.2, -0.15) is 0 Å². The van der Waals surface area contributed by atoms with Crippen molar-refractivity contribution < 1.29 is 9.13 Å². The maximum absolute atomic E-state index is 12.3. The third kappa shape index (κ3) is 3.01. The van der Waals surface area contributed by atoms with Crippen LogP contribution in [0.2, 0.25) is 0 Å². The van der Waals surface area contributed by atoms with Crippen molar-refractivity contribution in [2.45, 2.75) is 33.5 Å². The molecule has 13 heavy (non-hydrogen) atoms. The van der Waals surface area contributed by atoms with E-state index in [-0.39, 0.29) is 6.10 Å². The number of hydrogen-bond donors (Lipinski definition) is 0. The molecule has 0 radical (unpaired) electrons. The lowest BCUT2D eigenvalue weighted by atomic mass is 10.2. The van der Waals surface area contributed by atoms with Gasteiger partial charge in [-0.15, -0.1) is 0 Å². The lowest BCUT2D eigenvalue weighted by molar-refractivity contribution is 0.231. The van der Waals surface area contributed by atoms with Crippen LogP contribution in [0.4, 0.5) is 4.39 Å². The van der Waals surface area contributed by atoms with Crippen LogP contribution in [0.3, 0.4) is 0 Å². The lowest BCUT2D eigenvalue weighted by Crippen LogP contribution is -2.07. The van der Waals surface area contributed by atoms with Crippen LogP contribution in [0.5, 0.6) is 5.88 Å². The van der Waals surface area contributed by atoms with E-state index in [0.717, 1.165) is 5.56 Å². The Bertz CT molecular complexity index is 286. The second kappa shape index (κ2) is 4.21. The van der Waals surface area contributed by atoms with Gasteiger partial charge in [0.1, 0.15) is 6.67 Å². The number of halogens is 1. The maximum atomic E-state index is 12.3. The van der Waals surface area contributed by atoms with Gasteiger partial charge >= 0.3 is 0 Å². The van der Waals surface area contributed by atoms with Gasteiger partial charge in [0, 0.05) is 6.07 Å². The molecule has 0 N–H and O–H groups in total. The summed E-state index contributed by atoms with van der Waals surface area (Å²) in [5, 5.41) is 0. The number of ether oxygens (including phenoxy) is 1. The molecule has 0 fully saturated rings.